The second-order valence-electron chi connectivity index (χ2n) is 4.54. The number of carbonyl (C=O) groups is 1. The van der Waals surface area contributed by atoms with E-state index in [1.54, 1.807) is 12.2 Å². The van der Waals surface area contributed by atoms with Gasteiger partial charge in [-0.15, -0.1) is 0 Å². The Labute approximate surface area is 124 Å². The Bertz CT molecular complexity index is 667. The van der Waals surface area contributed by atoms with Crippen LogP contribution in [0, 0.1) is 6.92 Å². The summed E-state index contributed by atoms with van der Waals surface area (Å²) in [5.41, 5.74) is 3.54. The molecule has 0 fully saturated rings. The first-order valence-electron chi connectivity index (χ1n) is 6.83. The lowest BCUT2D eigenvalue weighted by Crippen LogP contribution is -2.24. The summed E-state index contributed by atoms with van der Waals surface area (Å²) in [7, 11) is 1.36. The summed E-state index contributed by atoms with van der Waals surface area (Å²) >= 11 is 0. The van der Waals surface area contributed by atoms with E-state index in [0.717, 1.165) is 11.3 Å². The van der Waals surface area contributed by atoms with Crippen LogP contribution in [0.3, 0.4) is 0 Å². The fourth-order valence-electron chi connectivity index (χ4n) is 2.03. The molecule has 4 heteroatoms. The smallest absolute Gasteiger partial charge is 0.340 e. The highest BCUT2D eigenvalue weighted by atomic mass is 16.5. The van der Waals surface area contributed by atoms with Gasteiger partial charge in [0, 0.05) is 6.54 Å². The van der Waals surface area contributed by atoms with Gasteiger partial charge in [-0.2, -0.15) is 0 Å². The van der Waals surface area contributed by atoms with E-state index in [2.05, 4.69) is 9.98 Å². The maximum absolute atomic E-state index is 11.9. The maximum Gasteiger partial charge on any atom is 0.340 e. The van der Waals surface area contributed by atoms with Crippen molar-refractivity contribution in [3.63, 3.8) is 0 Å². The van der Waals surface area contributed by atoms with E-state index >= 15 is 0 Å². The van der Waals surface area contributed by atoms with Crippen molar-refractivity contribution >= 4 is 23.1 Å². The van der Waals surface area contributed by atoms with Gasteiger partial charge in [-0.1, -0.05) is 24.3 Å². The minimum absolute atomic E-state index is 0.407. The van der Waals surface area contributed by atoms with Crippen molar-refractivity contribution in [3.8, 4) is 0 Å². The third-order valence-electron chi connectivity index (χ3n) is 3.10. The zero-order valence-electron chi connectivity index (χ0n) is 12.5. The lowest BCUT2D eigenvalue weighted by molar-refractivity contribution is -0.135. The number of allylic oxidation sites excluding steroid dienone is 3. The van der Waals surface area contributed by atoms with E-state index in [-0.39, 0.29) is 0 Å². The van der Waals surface area contributed by atoms with E-state index in [4.69, 9.17) is 4.74 Å². The molecule has 0 atom stereocenters. The van der Waals surface area contributed by atoms with E-state index in [1.165, 1.54) is 7.11 Å². The van der Waals surface area contributed by atoms with Crippen molar-refractivity contribution < 1.29 is 9.53 Å². The van der Waals surface area contributed by atoms with Crippen molar-refractivity contribution in [2.75, 3.05) is 13.7 Å². The molecule has 108 valence electrons. The monoisotopic (exact) mass is 282 g/mol. The van der Waals surface area contributed by atoms with Crippen LogP contribution in [0.2, 0.25) is 0 Å². The number of esters is 1. The van der Waals surface area contributed by atoms with E-state index in [9.17, 15) is 4.79 Å². The highest BCUT2D eigenvalue weighted by molar-refractivity contribution is 6.57. The van der Waals surface area contributed by atoms with Crippen LogP contribution in [0.5, 0.6) is 0 Å². The molecule has 0 heterocycles. The quantitative estimate of drug-likeness (QED) is 0.631. The van der Waals surface area contributed by atoms with Gasteiger partial charge in [0.05, 0.1) is 24.1 Å². The Morgan fingerprint density at radius 1 is 1.29 bits per heavy atom. The number of aliphatic imine (C=N–C) groups is 2. The van der Waals surface area contributed by atoms with Crippen molar-refractivity contribution in [1.82, 2.24) is 0 Å². The number of carbonyl (C=O) groups excluding carboxylic acids is 1. The summed E-state index contributed by atoms with van der Waals surface area (Å²) in [5.74, 6) is -0.407. The summed E-state index contributed by atoms with van der Waals surface area (Å²) in [6.45, 7) is 4.56. The van der Waals surface area contributed by atoms with E-state index in [1.807, 2.05) is 44.2 Å². The van der Waals surface area contributed by atoms with Crippen LogP contribution in [0.4, 0.5) is 5.69 Å². The number of nitrogens with zero attached hydrogens (tertiary/aromatic N) is 2. The Kier molecular flexibility index (Phi) is 4.82. The van der Waals surface area contributed by atoms with Crippen LogP contribution in [0.1, 0.15) is 12.5 Å². The molecule has 1 aliphatic rings. The molecule has 2 rings (SSSR count). The molecule has 0 radical (unpaired) electrons. The Morgan fingerprint density at radius 2 is 2.05 bits per heavy atom. The number of methoxy groups -OCH3 is 1. The SMILES string of the molecule is CCN=C1C=CC=C(C(=O)OC)C1=Nc1ccccc1C. The third-order valence-corrected chi connectivity index (χ3v) is 3.10. The summed E-state index contributed by atoms with van der Waals surface area (Å²) in [5, 5.41) is 0. The molecule has 0 N–H and O–H groups in total. The van der Waals surface area contributed by atoms with Crippen molar-refractivity contribution in [1.29, 1.82) is 0 Å². The molecule has 0 saturated carbocycles. The maximum atomic E-state index is 11.9. The molecular weight excluding hydrogens is 264 g/mol. The number of hydrogen-bond acceptors (Lipinski definition) is 4. The zero-order chi connectivity index (χ0) is 15.2. The van der Waals surface area contributed by atoms with E-state index in [0.29, 0.717) is 23.5 Å². The molecule has 0 aromatic heterocycles. The molecule has 1 aliphatic carbocycles. The molecule has 0 saturated heterocycles. The fraction of sp³-hybridized carbons (Fsp3) is 0.235. The van der Waals surface area contributed by atoms with Crippen LogP contribution >= 0.6 is 0 Å². The Balaban J connectivity index is 2.55. The Hall–Kier alpha value is -2.49. The van der Waals surface area contributed by atoms with E-state index < -0.39 is 5.97 Å². The minimum atomic E-state index is -0.407. The predicted octanol–water partition coefficient (Wildman–Crippen LogP) is 3.20. The lowest BCUT2D eigenvalue weighted by Gasteiger charge is -2.13. The highest BCUT2D eigenvalue weighted by Crippen LogP contribution is 2.21. The molecule has 4 nitrogen and oxygen atoms in total. The van der Waals surface area contributed by atoms with Gasteiger partial charge >= 0.3 is 5.97 Å². The van der Waals surface area contributed by atoms with Crippen LogP contribution in [-0.4, -0.2) is 31.0 Å². The summed E-state index contributed by atoms with van der Waals surface area (Å²) in [6, 6.07) is 7.77. The average Bonchev–Trinajstić information content (AvgIpc) is 2.50. The largest absolute Gasteiger partial charge is 0.465 e. The second kappa shape index (κ2) is 6.79. The van der Waals surface area contributed by atoms with Crippen LogP contribution in [-0.2, 0) is 9.53 Å². The van der Waals surface area contributed by atoms with Crippen molar-refractivity contribution in [3.05, 3.63) is 53.6 Å². The molecule has 21 heavy (non-hydrogen) atoms. The van der Waals surface area contributed by atoms with Crippen molar-refractivity contribution in [2.24, 2.45) is 9.98 Å². The lowest BCUT2D eigenvalue weighted by atomic mass is 10.00. The number of aryl methyl sites for hydroxylation is 1. The van der Waals surface area contributed by atoms with Crippen LogP contribution in [0.15, 0.2) is 58.1 Å². The van der Waals surface area contributed by atoms with Gasteiger partial charge in [0.15, 0.2) is 0 Å². The highest BCUT2D eigenvalue weighted by Gasteiger charge is 2.22. The van der Waals surface area contributed by atoms with Crippen LogP contribution < -0.4 is 0 Å². The van der Waals surface area contributed by atoms with Gasteiger partial charge < -0.3 is 4.74 Å². The normalized spacial score (nSPS) is 18.0. The molecule has 0 bridgehead atoms. The first-order valence-corrected chi connectivity index (χ1v) is 6.83. The van der Waals surface area contributed by atoms with Crippen molar-refractivity contribution in [2.45, 2.75) is 13.8 Å². The summed E-state index contributed by atoms with van der Waals surface area (Å²) in [4.78, 5) is 21.0. The molecule has 0 spiro atoms. The van der Waals surface area contributed by atoms with Gasteiger partial charge in [0.25, 0.3) is 0 Å². The predicted molar refractivity (Wildman–Crippen MR) is 85.5 cm³/mol. The second-order valence-corrected chi connectivity index (χ2v) is 4.54. The molecule has 0 amide bonds. The number of benzene rings is 1. The zero-order valence-corrected chi connectivity index (χ0v) is 12.5. The molecule has 1 aromatic carbocycles. The number of ether oxygens (including phenoxy) is 1. The molecule has 0 aliphatic heterocycles. The van der Waals surface area contributed by atoms with Gasteiger partial charge in [-0.05, 0) is 37.6 Å². The minimum Gasteiger partial charge on any atom is -0.465 e. The number of para-hydroxylation sites is 1. The van der Waals surface area contributed by atoms with Gasteiger partial charge in [-0.3, -0.25) is 4.99 Å². The summed E-state index contributed by atoms with van der Waals surface area (Å²) in [6.07, 6.45) is 5.35. The van der Waals surface area contributed by atoms with Gasteiger partial charge in [0.1, 0.15) is 5.71 Å². The first-order chi connectivity index (χ1) is 10.2. The topological polar surface area (TPSA) is 51.0 Å². The summed E-state index contributed by atoms with van der Waals surface area (Å²) < 4.78 is 4.84. The molecule has 1 aromatic rings. The fourth-order valence-corrected chi connectivity index (χ4v) is 2.03. The molecule has 0 unspecified atom stereocenters. The first kappa shape index (κ1) is 14.9. The van der Waals surface area contributed by atoms with Crippen LogP contribution in [0.25, 0.3) is 0 Å². The van der Waals surface area contributed by atoms with Gasteiger partial charge in [0.2, 0.25) is 0 Å². The third kappa shape index (κ3) is 3.34. The Morgan fingerprint density at radius 3 is 2.71 bits per heavy atom. The number of rotatable bonds is 3. The number of hydrogen-bond donors (Lipinski definition) is 0. The van der Waals surface area contributed by atoms with Gasteiger partial charge in [-0.25, -0.2) is 9.79 Å². The standard InChI is InChI=1S/C17H18N2O2/c1-4-18-15-11-7-9-13(17(20)21-3)16(15)19-14-10-6-5-8-12(14)2/h5-11H,4H2,1-3H3. The molecular formula is C17H18N2O2. The average molecular weight is 282 g/mol.